The van der Waals surface area contributed by atoms with Gasteiger partial charge in [0.1, 0.15) is 0 Å². The van der Waals surface area contributed by atoms with Gasteiger partial charge in [0, 0.05) is 24.4 Å². The van der Waals surface area contributed by atoms with Crippen molar-refractivity contribution >= 4 is 17.2 Å². The number of hydrogen-bond donors (Lipinski definition) is 0. The van der Waals surface area contributed by atoms with Crippen LogP contribution in [-0.2, 0) is 11.2 Å². The Bertz CT molecular complexity index is 278. The van der Waals surface area contributed by atoms with E-state index in [0.717, 1.165) is 25.9 Å². The van der Waals surface area contributed by atoms with Gasteiger partial charge in [-0.2, -0.15) is 0 Å². The minimum absolute atomic E-state index is 0.288. The smallest absolute Gasteiger partial charge is 0.222 e. The van der Waals surface area contributed by atoms with E-state index in [1.54, 1.807) is 11.3 Å². The highest BCUT2D eigenvalue weighted by Gasteiger charge is 2.08. The van der Waals surface area contributed by atoms with Gasteiger partial charge in [-0.3, -0.25) is 4.79 Å². The molecule has 0 N–H and O–H groups in total. The van der Waals surface area contributed by atoms with Crippen LogP contribution in [-0.4, -0.2) is 23.9 Å². The van der Waals surface area contributed by atoms with Crippen molar-refractivity contribution in [3.05, 3.63) is 22.4 Å². The lowest BCUT2D eigenvalue weighted by Gasteiger charge is -2.18. The summed E-state index contributed by atoms with van der Waals surface area (Å²) in [5, 5.41) is 2.08. The second-order valence-corrected chi connectivity index (χ2v) is 4.53. The Balaban J connectivity index is 2.22. The van der Waals surface area contributed by atoms with Crippen molar-refractivity contribution in [2.45, 2.75) is 33.1 Å². The first-order chi connectivity index (χ1) is 7.27. The Morgan fingerprint density at radius 2 is 2.13 bits per heavy atom. The summed E-state index contributed by atoms with van der Waals surface area (Å²) in [6.07, 6.45) is 2.68. The number of carbonyl (C=O) groups is 1. The molecule has 0 aromatic carbocycles. The molecule has 0 spiro atoms. The van der Waals surface area contributed by atoms with E-state index in [1.807, 2.05) is 18.7 Å². The zero-order valence-electron chi connectivity index (χ0n) is 9.53. The fourth-order valence-electron chi connectivity index (χ4n) is 1.60. The van der Waals surface area contributed by atoms with Crippen molar-refractivity contribution in [2.75, 3.05) is 13.1 Å². The molecule has 2 nitrogen and oxygen atoms in total. The number of aryl methyl sites for hydroxylation is 1. The van der Waals surface area contributed by atoms with Crippen LogP contribution in [0.3, 0.4) is 0 Å². The van der Waals surface area contributed by atoms with E-state index in [-0.39, 0.29) is 5.91 Å². The van der Waals surface area contributed by atoms with Crippen LogP contribution < -0.4 is 0 Å². The van der Waals surface area contributed by atoms with Crippen molar-refractivity contribution in [2.24, 2.45) is 0 Å². The molecule has 0 bridgehead atoms. The summed E-state index contributed by atoms with van der Waals surface area (Å²) >= 11 is 1.77. The number of thiophene rings is 1. The van der Waals surface area contributed by atoms with E-state index in [0.29, 0.717) is 6.42 Å². The lowest BCUT2D eigenvalue weighted by atomic mass is 10.2. The molecule has 0 unspecified atom stereocenters. The van der Waals surface area contributed by atoms with Gasteiger partial charge < -0.3 is 4.90 Å². The Morgan fingerprint density at radius 1 is 1.40 bits per heavy atom. The molecule has 1 heterocycles. The molecule has 1 aromatic rings. The van der Waals surface area contributed by atoms with Crippen LogP contribution in [0.2, 0.25) is 0 Å². The molecule has 15 heavy (non-hydrogen) atoms. The Hall–Kier alpha value is -0.830. The Morgan fingerprint density at radius 3 is 2.67 bits per heavy atom. The zero-order chi connectivity index (χ0) is 11.1. The lowest BCUT2D eigenvalue weighted by molar-refractivity contribution is -0.130. The van der Waals surface area contributed by atoms with Gasteiger partial charge >= 0.3 is 0 Å². The fraction of sp³-hybridized carbons (Fsp3) is 0.583. The molecule has 1 rings (SSSR count). The van der Waals surface area contributed by atoms with Crippen molar-refractivity contribution in [3.63, 3.8) is 0 Å². The molecule has 0 saturated heterocycles. The van der Waals surface area contributed by atoms with E-state index in [2.05, 4.69) is 17.5 Å². The normalized spacial score (nSPS) is 10.3. The third-order valence-electron chi connectivity index (χ3n) is 2.51. The van der Waals surface area contributed by atoms with E-state index in [1.165, 1.54) is 4.88 Å². The van der Waals surface area contributed by atoms with Gasteiger partial charge in [-0.15, -0.1) is 11.3 Å². The minimum atomic E-state index is 0.288. The first-order valence-electron chi connectivity index (χ1n) is 5.58. The van der Waals surface area contributed by atoms with Crippen molar-refractivity contribution in [1.29, 1.82) is 0 Å². The number of nitrogens with zero attached hydrogens (tertiary/aromatic N) is 1. The standard InChI is InChI=1S/C12H19NOS/c1-3-13(4-2)12(14)9-5-7-11-8-6-10-15-11/h6,8,10H,3-5,7,9H2,1-2H3. The van der Waals surface area contributed by atoms with Crippen LogP contribution in [0.5, 0.6) is 0 Å². The molecule has 0 aliphatic heterocycles. The number of carbonyl (C=O) groups excluding carboxylic acids is 1. The highest BCUT2D eigenvalue weighted by atomic mass is 32.1. The van der Waals surface area contributed by atoms with Crippen LogP contribution >= 0.6 is 11.3 Å². The first kappa shape index (κ1) is 12.2. The SMILES string of the molecule is CCN(CC)C(=O)CCCc1cccs1. The zero-order valence-corrected chi connectivity index (χ0v) is 10.3. The van der Waals surface area contributed by atoms with Crippen molar-refractivity contribution in [1.82, 2.24) is 4.90 Å². The van der Waals surface area contributed by atoms with E-state index in [4.69, 9.17) is 0 Å². The summed E-state index contributed by atoms with van der Waals surface area (Å²) < 4.78 is 0. The largest absolute Gasteiger partial charge is 0.343 e. The second-order valence-electron chi connectivity index (χ2n) is 3.50. The van der Waals surface area contributed by atoms with Gasteiger partial charge in [-0.05, 0) is 38.1 Å². The van der Waals surface area contributed by atoms with Gasteiger partial charge in [0.15, 0.2) is 0 Å². The molecule has 0 radical (unpaired) electrons. The lowest BCUT2D eigenvalue weighted by Crippen LogP contribution is -2.30. The second kappa shape index (κ2) is 6.62. The minimum Gasteiger partial charge on any atom is -0.343 e. The van der Waals surface area contributed by atoms with Gasteiger partial charge in [-0.25, -0.2) is 0 Å². The molecule has 84 valence electrons. The number of amides is 1. The monoisotopic (exact) mass is 225 g/mol. The molecule has 0 saturated carbocycles. The maximum Gasteiger partial charge on any atom is 0.222 e. The van der Waals surface area contributed by atoms with Crippen LogP contribution in [0, 0.1) is 0 Å². The topological polar surface area (TPSA) is 20.3 Å². The summed E-state index contributed by atoms with van der Waals surface area (Å²) in [5.74, 6) is 0.288. The third kappa shape index (κ3) is 4.04. The number of rotatable bonds is 6. The first-order valence-corrected chi connectivity index (χ1v) is 6.46. The summed E-state index contributed by atoms with van der Waals surface area (Å²) in [4.78, 5) is 14.9. The van der Waals surface area contributed by atoms with Gasteiger partial charge in [0.05, 0.1) is 0 Å². The highest BCUT2D eigenvalue weighted by molar-refractivity contribution is 7.09. The maximum atomic E-state index is 11.7. The average Bonchev–Trinajstić information content (AvgIpc) is 2.72. The van der Waals surface area contributed by atoms with Crippen molar-refractivity contribution in [3.8, 4) is 0 Å². The molecule has 3 heteroatoms. The van der Waals surface area contributed by atoms with E-state index >= 15 is 0 Å². The van der Waals surface area contributed by atoms with Gasteiger partial charge in [-0.1, -0.05) is 6.07 Å². The molecule has 0 fully saturated rings. The highest BCUT2D eigenvalue weighted by Crippen LogP contribution is 2.12. The molecular formula is C12H19NOS. The molecule has 0 aliphatic rings. The molecule has 1 amide bonds. The Labute approximate surface area is 95.9 Å². The van der Waals surface area contributed by atoms with Crippen LogP contribution in [0.1, 0.15) is 31.6 Å². The van der Waals surface area contributed by atoms with E-state index < -0.39 is 0 Å². The molecular weight excluding hydrogens is 206 g/mol. The van der Waals surface area contributed by atoms with Gasteiger partial charge in [0.25, 0.3) is 0 Å². The van der Waals surface area contributed by atoms with Gasteiger partial charge in [0.2, 0.25) is 5.91 Å². The average molecular weight is 225 g/mol. The quantitative estimate of drug-likeness (QED) is 0.729. The molecule has 0 aliphatic carbocycles. The summed E-state index contributed by atoms with van der Waals surface area (Å²) in [7, 11) is 0. The maximum absolute atomic E-state index is 11.7. The Kier molecular flexibility index (Phi) is 5.40. The van der Waals surface area contributed by atoms with E-state index in [9.17, 15) is 4.79 Å². The van der Waals surface area contributed by atoms with Crippen LogP contribution in [0.15, 0.2) is 17.5 Å². The van der Waals surface area contributed by atoms with Crippen LogP contribution in [0.4, 0.5) is 0 Å². The summed E-state index contributed by atoms with van der Waals surface area (Å²) in [5.41, 5.74) is 0. The third-order valence-corrected chi connectivity index (χ3v) is 3.45. The van der Waals surface area contributed by atoms with Crippen LogP contribution in [0.25, 0.3) is 0 Å². The number of hydrogen-bond acceptors (Lipinski definition) is 2. The predicted molar refractivity (Wildman–Crippen MR) is 65.2 cm³/mol. The molecule has 1 aromatic heterocycles. The molecule has 0 atom stereocenters. The predicted octanol–water partition coefficient (Wildman–Crippen LogP) is 2.94. The summed E-state index contributed by atoms with van der Waals surface area (Å²) in [6, 6.07) is 4.19. The van der Waals surface area contributed by atoms with Crippen molar-refractivity contribution < 1.29 is 4.79 Å². The summed E-state index contributed by atoms with van der Waals surface area (Å²) in [6.45, 7) is 5.71. The fourth-order valence-corrected chi connectivity index (χ4v) is 2.35.